The van der Waals surface area contributed by atoms with Crippen molar-refractivity contribution in [1.82, 2.24) is 0 Å². The van der Waals surface area contributed by atoms with E-state index in [1.165, 1.54) is 24.3 Å². The molecule has 1 aliphatic heterocycles. The molecule has 0 spiro atoms. The third-order valence-electron chi connectivity index (χ3n) is 3.68. The highest BCUT2D eigenvalue weighted by Gasteiger charge is 2.41. The van der Waals surface area contributed by atoms with Crippen LogP contribution in [0.25, 0.3) is 5.57 Å². The number of hydrogen-bond acceptors (Lipinski definition) is 3. The van der Waals surface area contributed by atoms with Gasteiger partial charge in [-0.05, 0) is 29.8 Å². The van der Waals surface area contributed by atoms with Crippen molar-refractivity contribution in [2.24, 2.45) is 0 Å². The Morgan fingerprint density at radius 2 is 1.50 bits per heavy atom. The molecule has 134 valence electrons. The molecule has 2 aromatic rings. The minimum absolute atomic E-state index is 0.0329. The predicted octanol–water partition coefficient (Wildman–Crippen LogP) is 4.53. The highest BCUT2D eigenvalue weighted by atomic mass is 32.2. The van der Waals surface area contributed by atoms with Crippen LogP contribution in [-0.4, -0.2) is 17.1 Å². The van der Waals surface area contributed by atoms with Crippen molar-refractivity contribution in [3.63, 3.8) is 0 Å². The molecule has 3 nitrogen and oxygen atoms in total. The quantitative estimate of drug-likeness (QED) is 0.735. The molecule has 0 N–H and O–H groups in total. The lowest BCUT2D eigenvalue weighted by Crippen LogP contribution is -2.32. The van der Waals surface area contributed by atoms with E-state index >= 15 is 0 Å². The molecule has 1 aliphatic rings. The van der Waals surface area contributed by atoms with Crippen LogP contribution in [0.2, 0.25) is 0 Å². The maximum Gasteiger partial charge on any atom is 0.272 e. The van der Waals surface area contributed by atoms with Gasteiger partial charge in [0.15, 0.2) is 0 Å². The molecule has 2 aromatic carbocycles. The van der Waals surface area contributed by atoms with E-state index in [4.69, 9.17) is 0 Å². The van der Waals surface area contributed by atoms with Gasteiger partial charge in [-0.25, -0.2) is 18.1 Å². The Hall–Kier alpha value is -2.54. The molecule has 0 radical (unpaired) electrons. The van der Waals surface area contributed by atoms with Gasteiger partial charge in [0.05, 0.1) is 16.2 Å². The second-order valence-corrected chi connectivity index (χ2v) is 7.51. The molecule has 1 heterocycles. The number of carbonyl (C=O) groups is 2. The smallest absolute Gasteiger partial charge is 0.268 e. The summed E-state index contributed by atoms with van der Waals surface area (Å²) in [6.45, 7) is 3.67. The Morgan fingerprint density at radius 3 is 2.12 bits per heavy atom. The SMILES string of the molecule is CC(C)SC1=C(c2ccc(F)cc2)C(=O)N(c2cc(F)ccc2F)C1=O. The average Bonchev–Trinajstić information content (AvgIpc) is 2.81. The van der Waals surface area contributed by atoms with Crippen molar-refractivity contribution >= 4 is 34.8 Å². The van der Waals surface area contributed by atoms with E-state index in [-0.39, 0.29) is 15.7 Å². The summed E-state index contributed by atoms with van der Waals surface area (Å²) in [5.74, 6) is -3.64. The van der Waals surface area contributed by atoms with Crippen LogP contribution in [0.5, 0.6) is 0 Å². The summed E-state index contributed by atoms with van der Waals surface area (Å²) >= 11 is 1.15. The van der Waals surface area contributed by atoms with Gasteiger partial charge >= 0.3 is 0 Å². The van der Waals surface area contributed by atoms with E-state index in [0.29, 0.717) is 10.5 Å². The van der Waals surface area contributed by atoms with Gasteiger partial charge in [-0.1, -0.05) is 26.0 Å². The topological polar surface area (TPSA) is 37.4 Å². The predicted molar refractivity (Wildman–Crippen MR) is 94.9 cm³/mol. The second-order valence-electron chi connectivity index (χ2n) is 5.92. The Kier molecular flexibility index (Phi) is 4.91. The minimum Gasteiger partial charge on any atom is -0.268 e. The number of rotatable bonds is 4. The van der Waals surface area contributed by atoms with E-state index in [1.54, 1.807) is 0 Å². The number of imide groups is 1. The Morgan fingerprint density at radius 1 is 0.885 bits per heavy atom. The highest BCUT2D eigenvalue weighted by molar-refractivity contribution is 8.04. The number of hydrogen-bond donors (Lipinski definition) is 0. The van der Waals surface area contributed by atoms with Crippen LogP contribution in [0.1, 0.15) is 19.4 Å². The van der Waals surface area contributed by atoms with Crippen LogP contribution in [-0.2, 0) is 9.59 Å². The van der Waals surface area contributed by atoms with Gasteiger partial charge in [-0.2, -0.15) is 0 Å². The second kappa shape index (κ2) is 6.99. The summed E-state index contributed by atoms with van der Waals surface area (Å²) < 4.78 is 40.9. The standard InChI is InChI=1S/C19H14F3NO2S/c1-10(2)26-17-16(11-3-5-12(20)6-4-11)18(24)23(19(17)25)15-9-13(21)7-8-14(15)22/h3-10H,1-2H3. The fourth-order valence-electron chi connectivity index (χ4n) is 2.60. The molecule has 2 amide bonds. The van der Waals surface area contributed by atoms with Gasteiger partial charge in [0.1, 0.15) is 17.5 Å². The van der Waals surface area contributed by atoms with Crippen molar-refractivity contribution in [3.8, 4) is 0 Å². The first-order valence-electron chi connectivity index (χ1n) is 7.80. The van der Waals surface area contributed by atoms with Crippen molar-refractivity contribution in [2.45, 2.75) is 19.1 Å². The summed E-state index contributed by atoms with van der Waals surface area (Å²) in [5.41, 5.74) is -0.0523. The van der Waals surface area contributed by atoms with Gasteiger partial charge in [0.25, 0.3) is 11.8 Å². The Labute approximate surface area is 152 Å². The van der Waals surface area contributed by atoms with Crippen LogP contribution >= 0.6 is 11.8 Å². The molecular weight excluding hydrogens is 363 g/mol. The van der Waals surface area contributed by atoms with Gasteiger partial charge in [0, 0.05) is 11.3 Å². The first-order valence-corrected chi connectivity index (χ1v) is 8.68. The molecular formula is C19H14F3NO2S. The van der Waals surface area contributed by atoms with E-state index in [9.17, 15) is 22.8 Å². The molecule has 0 aromatic heterocycles. The molecule has 0 aliphatic carbocycles. The monoisotopic (exact) mass is 377 g/mol. The van der Waals surface area contributed by atoms with Crippen molar-refractivity contribution in [3.05, 3.63) is 70.4 Å². The van der Waals surface area contributed by atoms with Crippen LogP contribution in [0.4, 0.5) is 18.9 Å². The lowest BCUT2D eigenvalue weighted by atomic mass is 10.1. The largest absolute Gasteiger partial charge is 0.272 e. The summed E-state index contributed by atoms with van der Waals surface area (Å²) in [7, 11) is 0. The highest BCUT2D eigenvalue weighted by Crippen LogP contribution is 2.40. The molecule has 7 heteroatoms. The number of halogens is 3. The molecule has 0 atom stereocenters. The van der Waals surface area contributed by atoms with Crippen molar-refractivity contribution in [2.75, 3.05) is 4.90 Å². The number of carbonyl (C=O) groups excluding carboxylic acids is 2. The van der Waals surface area contributed by atoms with E-state index < -0.39 is 35.0 Å². The van der Waals surface area contributed by atoms with Crippen LogP contribution in [0.3, 0.4) is 0 Å². The van der Waals surface area contributed by atoms with E-state index in [1.807, 2.05) is 13.8 Å². The molecule has 0 bridgehead atoms. The summed E-state index contributed by atoms with van der Waals surface area (Å²) in [6, 6.07) is 7.66. The normalized spacial score (nSPS) is 14.8. The van der Waals surface area contributed by atoms with E-state index in [0.717, 1.165) is 30.0 Å². The third kappa shape index (κ3) is 3.26. The summed E-state index contributed by atoms with van der Waals surface area (Å²) in [4.78, 5) is 26.5. The minimum atomic E-state index is -0.887. The molecule has 0 fully saturated rings. The summed E-state index contributed by atoms with van der Waals surface area (Å²) in [6.07, 6.45) is 0. The fraction of sp³-hybridized carbons (Fsp3) is 0.158. The number of amides is 2. The third-order valence-corrected chi connectivity index (χ3v) is 4.76. The van der Waals surface area contributed by atoms with E-state index in [2.05, 4.69) is 0 Å². The van der Waals surface area contributed by atoms with Gasteiger partial charge in [-0.15, -0.1) is 11.8 Å². The molecule has 3 rings (SSSR count). The van der Waals surface area contributed by atoms with Gasteiger partial charge < -0.3 is 0 Å². The van der Waals surface area contributed by atoms with Crippen LogP contribution < -0.4 is 4.90 Å². The maximum atomic E-state index is 14.2. The van der Waals surface area contributed by atoms with Gasteiger partial charge in [0.2, 0.25) is 0 Å². The fourth-order valence-corrected chi connectivity index (χ4v) is 3.59. The Bertz CT molecular complexity index is 923. The number of benzene rings is 2. The molecule has 0 unspecified atom stereocenters. The average molecular weight is 377 g/mol. The lowest BCUT2D eigenvalue weighted by Gasteiger charge is -2.16. The zero-order chi connectivity index (χ0) is 19.0. The molecule has 0 saturated heterocycles. The lowest BCUT2D eigenvalue weighted by molar-refractivity contribution is -0.119. The van der Waals surface area contributed by atoms with Crippen LogP contribution in [0.15, 0.2) is 47.4 Å². The first-order chi connectivity index (χ1) is 12.3. The molecule has 0 saturated carbocycles. The Balaban J connectivity index is 2.14. The number of thioether (sulfide) groups is 1. The number of anilines is 1. The zero-order valence-electron chi connectivity index (χ0n) is 13.9. The number of nitrogens with zero attached hydrogens (tertiary/aromatic N) is 1. The maximum absolute atomic E-state index is 14.2. The zero-order valence-corrected chi connectivity index (χ0v) is 14.7. The van der Waals surface area contributed by atoms with Crippen LogP contribution in [0, 0.1) is 17.5 Å². The van der Waals surface area contributed by atoms with Gasteiger partial charge in [-0.3, -0.25) is 9.59 Å². The molecule has 26 heavy (non-hydrogen) atoms. The van der Waals surface area contributed by atoms with Crippen molar-refractivity contribution < 1.29 is 22.8 Å². The van der Waals surface area contributed by atoms with Crippen molar-refractivity contribution in [1.29, 1.82) is 0 Å². The summed E-state index contributed by atoms with van der Waals surface area (Å²) in [5, 5.41) is -0.0329. The first kappa shape index (κ1) is 18.3.